The number of rotatable bonds is 2. The molecule has 0 aromatic heterocycles. The van der Waals surface area contributed by atoms with Crippen LogP contribution >= 0.6 is 0 Å². The van der Waals surface area contributed by atoms with E-state index in [0.717, 1.165) is 0 Å². The first-order valence-corrected chi connectivity index (χ1v) is 3.37. The second kappa shape index (κ2) is 5.54. The normalized spacial score (nSPS) is 10.0. The molecular weight excluding hydrogens is 176 g/mol. The highest BCUT2D eigenvalue weighted by Crippen LogP contribution is 1.75. The van der Waals surface area contributed by atoms with Crippen LogP contribution in [0.5, 0.6) is 0 Å². The molecule has 0 aromatic rings. The van der Waals surface area contributed by atoms with Crippen molar-refractivity contribution in [1.29, 1.82) is 5.26 Å². The van der Waals surface area contributed by atoms with E-state index in [1.165, 1.54) is 6.07 Å². The lowest BCUT2D eigenvalue weighted by atomic mass is 10.4. The Morgan fingerprint density at radius 3 is 2.62 bits per heavy atom. The Morgan fingerprint density at radius 2 is 2.23 bits per heavy atom. The van der Waals surface area contributed by atoms with E-state index in [1.54, 1.807) is 12.2 Å². The predicted octanol–water partition coefficient (Wildman–Crippen LogP) is -0.814. The fourth-order valence-electron chi connectivity index (χ4n) is 0.486. The number of hydrogen-bond acceptors (Lipinski definition) is 5. The maximum Gasteiger partial charge on any atom is 0.321 e. The fraction of sp³-hybridized carbons (Fsp3) is 0.333. The molecule has 0 rings (SSSR count). The molecule has 0 fully saturated rings. The second-order valence-corrected chi connectivity index (χ2v) is 1.87. The Morgan fingerprint density at radius 1 is 1.62 bits per heavy atom. The van der Waals surface area contributed by atoms with Gasteiger partial charge in [-0.3, -0.25) is 10.1 Å². The summed E-state index contributed by atoms with van der Waals surface area (Å²) in [5.41, 5.74) is -0.772. The summed E-state index contributed by atoms with van der Waals surface area (Å²) in [6.45, 7) is 2.01. The Balaban J connectivity index is 4.17. The van der Waals surface area contributed by atoms with Crippen molar-refractivity contribution < 1.29 is 14.8 Å². The standard InChI is InChI=1S/C6H8N4O3/c1-2-8-6(12)9-5(11)4(3-7)10-13/h13H,2H2,1H3,(H2,8,9,11,12). The van der Waals surface area contributed by atoms with Crippen LogP contribution in [0.2, 0.25) is 0 Å². The molecule has 0 spiro atoms. The van der Waals surface area contributed by atoms with Gasteiger partial charge in [0.25, 0.3) is 5.91 Å². The average Bonchev–Trinajstić information content (AvgIpc) is 2.06. The van der Waals surface area contributed by atoms with E-state index in [0.29, 0.717) is 6.54 Å². The molecule has 7 heteroatoms. The van der Waals surface area contributed by atoms with Gasteiger partial charge in [-0.2, -0.15) is 5.26 Å². The van der Waals surface area contributed by atoms with Crippen molar-refractivity contribution in [3.8, 4) is 6.07 Å². The molecule has 0 unspecified atom stereocenters. The summed E-state index contributed by atoms with van der Waals surface area (Å²) < 4.78 is 0. The maximum atomic E-state index is 10.8. The molecule has 3 amide bonds. The van der Waals surface area contributed by atoms with Crippen LogP contribution < -0.4 is 10.6 Å². The van der Waals surface area contributed by atoms with Gasteiger partial charge in [0.05, 0.1) is 0 Å². The summed E-state index contributed by atoms with van der Waals surface area (Å²) in [5.74, 6) is -1.05. The molecule has 0 bridgehead atoms. The molecule has 0 aromatic carbocycles. The fourth-order valence-corrected chi connectivity index (χ4v) is 0.486. The lowest BCUT2D eigenvalue weighted by Gasteiger charge is -2.01. The minimum absolute atomic E-state index is 0.345. The van der Waals surface area contributed by atoms with Crippen molar-refractivity contribution >= 4 is 17.6 Å². The number of urea groups is 1. The number of nitrogens with one attached hydrogen (secondary N) is 2. The van der Waals surface area contributed by atoms with Crippen molar-refractivity contribution in [3.63, 3.8) is 0 Å². The van der Waals surface area contributed by atoms with Crippen LogP contribution in [-0.2, 0) is 4.79 Å². The predicted molar refractivity (Wildman–Crippen MR) is 42.0 cm³/mol. The number of carbonyl (C=O) groups excluding carboxylic acids is 2. The number of amides is 3. The summed E-state index contributed by atoms with van der Waals surface area (Å²) in [5, 5.41) is 22.7. The van der Waals surface area contributed by atoms with Crippen molar-refractivity contribution in [3.05, 3.63) is 0 Å². The van der Waals surface area contributed by atoms with Crippen LogP contribution in [0.3, 0.4) is 0 Å². The van der Waals surface area contributed by atoms with Crippen LogP contribution in [0.15, 0.2) is 5.16 Å². The van der Waals surface area contributed by atoms with Gasteiger partial charge in [-0.15, -0.1) is 0 Å². The number of imide groups is 1. The third-order valence-corrected chi connectivity index (χ3v) is 0.985. The smallest absolute Gasteiger partial charge is 0.321 e. The highest BCUT2D eigenvalue weighted by molar-refractivity contribution is 6.46. The quantitative estimate of drug-likeness (QED) is 0.295. The van der Waals surface area contributed by atoms with Gasteiger partial charge in [0.2, 0.25) is 5.71 Å². The molecule has 7 nitrogen and oxygen atoms in total. The molecular formula is C6H8N4O3. The number of nitriles is 1. The van der Waals surface area contributed by atoms with Gasteiger partial charge in [-0.05, 0) is 6.92 Å². The minimum Gasteiger partial charge on any atom is -0.410 e. The molecule has 0 atom stereocenters. The summed E-state index contributed by atoms with van der Waals surface area (Å²) in [7, 11) is 0. The first-order chi connectivity index (χ1) is 6.15. The topological polar surface area (TPSA) is 115 Å². The van der Waals surface area contributed by atoms with Gasteiger partial charge in [-0.1, -0.05) is 5.16 Å². The lowest BCUT2D eigenvalue weighted by Crippen LogP contribution is -2.42. The monoisotopic (exact) mass is 184 g/mol. The summed E-state index contributed by atoms with van der Waals surface area (Å²) in [6, 6.07) is 0.561. The molecule has 0 aliphatic carbocycles. The highest BCUT2D eigenvalue weighted by atomic mass is 16.4. The van der Waals surface area contributed by atoms with E-state index >= 15 is 0 Å². The lowest BCUT2D eigenvalue weighted by molar-refractivity contribution is -0.113. The molecule has 0 radical (unpaired) electrons. The number of oxime groups is 1. The Kier molecular flexibility index (Phi) is 4.64. The Hall–Kier alpha value is -2.10. The Labute approximate surface area is 74.0 Å². The van der Waals surface area contributed by atoms with Crippen molar-refractivity contribution in [2.24, 2.45) is 5.16 Å². The summed E-state index contributed by atoms with van der Waals surface area (Å²) in [6.07, 6.45) is 0. The first kappa shape index (κ1) is 10.9. The van der Waals surface area contributed by atoms with Gasteiger partial charge in [-0.25, -0.2) is 4.79 Å². The molecule has 0 saturated carbocycles. The average molecular weight is 184 g/mol. The van der Waals surface area contributed by atoms with Crippen molar-refractivity contribution in [2.45, 2.75) is 6.92 Å². The zero-order valence-corrected chi connectivity index (χ0v) is 6.87. The van der Waals surface area contributed by atoms with Gasteiger partial charge in [0.1, 0.15) is 6.07 Å². The Bertz CT molecular complexity index is 278. The molecule has 0 saturated heterocycles. The van der Waals surface area contributed by atoms with Crippen molar-refractivity contribution in [2.75, 3.05) is 6.54 Å². The SMILES string of the molecule is CCNC(=O)NC(=O)C(C#N)=NO. The number of hydrogen-bond donors (Lipinski definition) is 3. The number of nitrogens with zero attached hydrogens (tertiary/aromatic N) is 2. The van der Waals surface area contributed by atoms with E-state index in [4.69, 9.17) is 10.5 Å². The van der Waals surface area contributed by atoms with Gasteiger partial charge in [0.15, 0.2) is 0 Å². The van der Waals surface area contributed by atoms with E-state index in [-0.39, 0.29) is 0 Å². The molecule has 0 aliphatic heterocycles. The highest BCUT2D eigenvalue weighted by Gasteiger charge is 2.13. The third-order valence-electron chi connectivity index (χ3n) is 0.985. The first-order valence-electron chi connectivity index (χ1n) is 3.37. The number of carbonyl (C=O) groups is 2. The van der Waals surface area contributed by atoms with Crippen LogP contribution in [0, 0.1) is 11.3 Å². The molecule has 0 aliphatic rings. The van der Waals surface area contributed by atoms with Crippen molar-refractivity contribution in [1.82, 2.24) is 10.6 Å². The van der Waals surface area contributed by atoms with Gasteiger partial charge in [0, 0.05) is 6.54 Å². The van der Waals surface area contributed by atoms with Crippen LogP contribution in [0.1, 0.15) is 6.92 Å². The van der Waals surface area contributed by atoms with Crippen LogP contribution in [-0.4, -0.2) is 29.4 Å². The second-order valence-electron chi connectivity index (χ2n) is 1.87. The van der Waals surface area contributed by atoms with Crippen LogP contribution in [0.25, 0.3) is 0 Å². The van der Waals surface area contributed by atoms with E-state index in [1.807, 2.05) is 0 Å². The summed E-state index contributed by atoms with van der Waals surface area (Å²) in [4.78, 5) is 21.5. The van der Waals surface area contributed by atoms with Gasteiger partial charge < -0.3 is 10.5 Å². The molecule has 13 heavy (non-hydrogen) atoms. The van der Waals surface area contributed by atoms with E-state index in [9.17, 15) is 9.59 Å². The van der Waals surface area contributed by atoms with Gasteiger partial charge >= 0.3 is 6.03 Å². The minimum atomic E-state index is -1.05. The molecule has 70 valence electrons. The van der Waals surface area contributed by atoms with Crippen LogP contribution in [0.4, 0.5) is 4.79 Å². The molecule has 3 N–H and O–H groups in total. The zero-order valence-electron chi connectivity index (χ0n) is 6.87. The third kappa shape index (κ3) is 3.71. The largest absolute Gasteiger partial charge is 0.410 e. The zero-order chi connectivity index (χ0) is 10.3. The maximum absolute atomic E-state index is 10.8. The van der Waals surface area contributed by atoms with E-state index < -0.39 is 17.6 Å². The molecule has 0 heterocycles. The van der Waals surface area contributed by atoms with E-state index in [2.05, 4.69) is 10.5 Å². The summed E-state index contributed by atoms with van der Waals surface area (Å²) >= 11 is 0.